The summed E-state index contributed by atoms with van der Waals surface area (Å²) in [5.41, 5.74) is 0. The lowest BCUT2D eigenvalue weighted by atomic mass is 9.95. The van der Waals surface area contributed by atoms with Crippen LogP contribution in [0, 0.1) is 6.92 Å². The average molecular weight is 387 g/mol. The first-order valence-corrected chi connectivity index (χ1v) is 9.71. The summed E-state index contributed by atoms with van der Waals surface area (Å²) < 4.78 is 10.5. The van der Waals surface area contributed by atoms with Gasteiger partial charge in [0.2, 0.25) is 18.2 Å². The summed E-state index contributed by atoms with van der Waals surface area (Å²) in [6.07, 6.45) is 3.12. The number of aryl methyl sites for hydroxylation is 1. The maximum Gasteiger partial charge on any atom is 0.237 e. The number of nitrogens with zero attached hydrogens (tertiary/aromatic N) is 4. The highest BCUT2D eigenvalue weighted by Crippen LogP contribution is 2.26. The molecule has 1 N–H and O–H groups in total. The van der Waals surface area contributed by atoms with E-state index < -0.39 is 6.04 Å². The Labute approximate surface area is 163 Å². The van der Waals surface area contributed by atoms with E-state index in [1.165, 1.54) is 6.39 Å². The zero-order valence-corrected chi connectivity index (χ0v) is 16.0. The summed E-state index contributed by atoms with van der Waals surface area (Å²) in [5, 5.41) is 6.78. The fraction of sp³-hybridized carbons (Fsp3) is 0.579. The van der Waals surface area contributed by atoms with Crippen LogP contribution in [0.2, 0.25) is 0 Å². The highest BCUT2D eigenvalue weighted by molar-refractivity contribution is 5.88. The summed E-state index contributed by atoms with van der Waals surface area (Å²) in [5.74, 6) is 2.50. The van der Waals surface area contributed by atoms with Gasteiger partial charge in [0.05, 0.1) is 19.0 Å². The van der Waals surface area contributed by atoms with Gasteiger partial charge in [0, 0.05) is 32.1 Å². The molecule has 2 saturated heterocycles. The van der Waals surface area contributed by atoms with Gasteiger partial charge in [0.1, 0.15) is 11.5 Å². The van der Waals surface area contributed by atoms with Crippen molar-refractivity contribution in [1.29, 1.82) is 0 Å². The molecule has 0 spiro atoms. The molecule has 0 radical (unpaired) electrons. The van der Waals surface area contributed by atoms with Crippen molar-refractivity contribution in [2.24, 2.45) is 0 Å². The molecule has 2 amide bonds. The van der Waals surface area contributed by atoms with Gasteiger partial charge in [-0.1, -0.05) is 5.16 Å². The van der Waals surface area contributed by atoms with E-state index in [-0.39, 0.29) is 24.2 Å². The average Bonchev–Trinajstić information content (AvgIpc) is 3.36. The number of nitrogens with one attached hydrogen (secondary N) is 1. The van der Waals surface area contributed by atoms with Crippen molar-refractivity contribution in [3.05, 3.63) is 35.9 Å². The van der Waals surface area contributed by atoms with E-state index in [4.69, 9.17) is 8.94 Å². The molecule has 0 bridgehead atoms. The predicted octanol–water partition coefficient (Wildman–Crippen LogP) is 1.07. The molecule has 4 rings (SSSR count). The lowest BCUT2D eigenvalue weighted by molar-refractivity contribution is -0.139. The maximum atomic E-state index is 12.9. The van der Waals surface area contributed by atoms with Crippen LogP contribution >= 0.6 is 0 Å². The topological polar surface area (TPSA) is 105 Å². The predicted molar refractivity (Wildman–Crippen MR) is 98.1 cm³/mol. The molecule has 2 aliphatic heterocycles. The molecule has 2 fully saturated rings. The zero-order chi connectivity index (χ0) is 19.5. The summed E-state index contributed by atoms with van der Waals surface area (Å²) >= 11 is 0. The second-order valence-corrected chi connectivity index (χ2v) is 7.44. The van der Waals surface area contributed by atoms with Crippen molar-refractivity contribution in [2.75, 3.05) is 26.2 Å². The molecule has 0 aromatic carbocycles. The smallest absolute Gasteiger partial charge is 0.237 e. The standard InChI is InChI=1S/C19H25N5O4/c1-13-2-3-15(28-13)11-24-9-6-20-19(26)16(24)10-17(25)23-7-4-14(5-8-23)18-21-12-27-22-18/h2-3,12,14,16H,4-11H2,1H3,(H,20,26)/t16-/m1/s1. The lowest BCUT2D eigenvalue weighted by Crippen LogP contribution is -2.56. The third-order valence-electron chi connectivity index (χ3n) is 5.56. The van der Waals surface area contributed by atoms with Gasteiger partial charge in [0.15, 0.2) is 5.82 Å². The number of rotatable bonds is 5. The Balaban J connectivity index is 1.35. The third kappa shape index (κ3) is 4.09. The molecular formula is C19H25N5O4. The minimum atomic E-state index is -0.471. The first-order valence-electron chi connectivity index (χ1n) is 9.71. The van der Waals surface area contributed by atoms with Gasteiger partial charge in [-0.15, -0.1) is 0 Å². The molecule has 2 aliphatic rings. The fourth-order valence-corrected chi connectivity index (χ4v) is 3.98. The highest BCUT2D eigenvalue weighted by Gasteiger charge is 2.34. The number of piperidine rings is 1. The number of aromatic nitrogens is 2. The Kier molecular flexibility index (Phi) is 5.43. The Hall–Kier alpha value is -2.68. The Morgan fingerprint density at radius 3 is 2.79 bits per heavy atom. The minimum Gasteiger partial charge on any atom is -0.465 e. The van der Waals surface area contributed by atoms with Crippen molar-refractivity contribution >= 4 is 11.8 Å². The normalized spacial score (nSPS) is 21.7. The molecular weight excluding hydrogens is 362 g/mol. The number of likely N-dealkylation sites (tertiary alicyclic amines) is 1. The van der Waals surface area contributed by atoms with Gasteiger partial charge in [-0.2, -0.15) is 4.98 Å². The number of amides is 2. The van der Waals surface area contributed by atoms with Crippen LogP contribution in [0.15, 0.2) is 27.5 Å². The number of furan rings is 1. The van der Waals surface area contributed by atoms with Gasteiger partial charge in [-0.25, -0.2) is 0 Å². The molecule has 0 aliphatic carbocycles. The van der Waals surface area contributed by atoms with E-state index in [9.17, 15) is 9.59 Å². The van der Waals surface area contributed by atoms with E-state index in [0.717, 1.165) is 24.4 Å². The molecule has 2 aromatic rings. The Morgan fingerprint density at radius 1 is 1.29 bits per heavy atom. The van der Waals surface area contributed by atoms with Gasteiger partial charge in [-0.3, -0.25) is 14.5 Å². The highest BCUT2D eigenvalue weighted by atomic mass is 16.5. The molecule has 1 atom stereocenters. The Bertz CT molecular complexity index is 810. The molecule has 150 valence electrons. The zero-order valence-electron chi connectivity index (χ0n) is 16.0. The molecule has 2 aromatic heterocycles. The molecule has 0 saturated carbocycles. The van der Waals surface area contributed by atoms with E-state index in [0.29, 0.717) is 38.5 Å². The van der Waals surface area contributed by atoms with Crippen LogP contribution in [0.5, 0.6) is 0 Å². The van der Waals surface area contributed by atoms with Gasteiger partial charge in [0.25, 0.3) is 0 Å². The van der Waals surface area contributed by atoms with Crippen LogP contribution in [-0.2, 0) is 16.1 Å². The third-order valence-corrected chi connectivity index (χ3v) is 5.56. The largest absolute Gasteiger partial charge is 0.465 e. The Morgan fingerprint density at radius 2 is 2.11 bits per heavy atom. The number of carbonyl (C=O) groups excluding carboxylic acids is 2. The minimum absolute atomic E-state index is 0.00855. The SMILES string of the molecule is Cc1ccc(CN2CCNC(=O)[C@H]2CC(=O)N2CCC(c3ncon3)CC2)o1. The van der Waals surface area contributed by atoms with E-state index >= 15 is 0 Å². The second-order valence-electron chi connectivity index (χ2n) is 7.44. The first kappa shape index (κ1) is 18.7. The maximum absolute atomic E-state index is 12.9. The number of piperazine rings is 1. The monoisotopic (exact) mass is 387 g/mol. The lowest BCUT2D eigenvalue weighted by Gasteiger charge is -2.36. The van der Waals surface area contributed by atoms with Gasteiger partial charge < -0.3 is 19.2 Å². The summed E-state index contributed by atoms with van der Waals surface area (Å²) in [6, 6.07) is 3.36. The van der Waals surface area contributed by atoms with Crippen molar-refractivity contribution in [3.63, 3.8) is 0 Å². The summed E-state index contributed by atoms with van der Waals surface area (Å²) in [6.45, 7) is 4.99. The quantitative estimate of drug-likeness (QED) is 0.818. The number of hydrogen-bond acceptors (Lipinski definition) is 7. The number of carbonyl (C=O) groups is 2. The fourth-order valence-electron chi connectivity index (χ4n) is 3.98. The van der Waals surface area contributed by atoms with Crippen LogP contribution < -0.4 is 5.32 Å². The van der Waals surface area contributed by atoms with Gasteiger partial charge in [-0.05, 0) is 31.9 Å². The van der Waals surface area contributed by atoms with Gasteiger partial charge >= 0.3 is 0 Å². The molecule has 4 heterocycles. The summed E-state index contributed by atoms with van der Waals surface area (Å²) in [7, 11) is 0. The molecule has 0 unspecified atom stereocenters. The molecule has 9 nitrogen and oxygen atoms in total. The first-order chi connectivity index (χ1) is 13.6. The van der Waals surface area contributed by atoms with E-state index in [1.54, 1.807) is 0 Å². The van der Waals surface area contributed by atoms with E-state index in [1.807, 2.05) is 28.9 Å². The molecule has 9 heteroatoms. The number of hydrogen-bond donors (Lipinski definition) is 1. The van der Waals surface area contributed by atoms with Crippen LogP contribution in [-0.4, -0.2) is 64.0 Å². The van der Waals surface area contributed by atoms with Crippen molar-refractivity contribution in [3.8, 4) is 0 Å². The van der Waals surface area contributed by atoms with Crippen LogP contribution in [0.25, 0.3) is 0 Å². The van der Waals surface area contributed by atoms with Crippen LogP contribution in [0.4, 0.5) is 0 Å². The van der Waals surface area contributed by atoms with E-state index in [2.05, 4.69) is 15.5 Å². The van der Waals surface area contributed by atoms with Crippen molar-refractivity contribution in [1.82, 2.24) is 25.3 Å². The van der Waals surface area contributed by atoms with Crippen molar-refractivity contribution < 1.29 is 18.5 Å². The van der Waals surface area contributed by atoms with Crippen LogP contribution in [0.1, 0.15) is 42.5 Å². The van der Waals surface area contributed by atoms with Crippen molar-refractivity contribution in [2.45, 2.75) is 44.7 Å². The van der Waals surface area contributed by atoms with Crippen LogP contribution in [0.3, 0.4) is 0 Å². The molecule has 28 heavy (non-hydrogen) atoms. The summed E-state index contributed by atoms with van der Waals surface area (Å²) in [4.78, 5) is 33.3. The second kappa shape index (κ2) is 8.14.